The van der Waals surface area contributed by atoms with Crippen LogP contribution in [-0.4, -0.2) is 71.1 Å². The molecule has 4 aliphatic rings. The SMILES string of the molecule is Cc1sc(NC(=O)Cc2cccc(OCCCCCNc3cccc4c3C(=O)N(C3CCC(=O)NC3=O)C4=O)c2)nc1-c1ccc2c(c1)CCN2C(=O)C1CC1. The first kappa shape index (κ1) is 37.1. The summed E-state index contributed by atoms with van der Waals surface area (Å²) in [6, 6.07) is 17.7. The zero-order valence-corrected chi connectivity index (χ0v) is 31.8. The van der Waals surface area contributed by atoms with Gasteiger partial charge in [-0.3, -0.25) is 39.0 Å². The molecule has 1 aliphatic carbocycles. The van der Waals surface area contributed by atoms with E-state index in [1.54, 1.807) is 18.2 Å². The zero-order chi connectivity index (χ0) is 38.9. The Bertz CT molecular complexity index is 2260. The summed E-state index contributed by atoms with van der Waals surface area (Å²) in [5, 5.41) is 8.99. The minimum Gasteiger partial charge on any atom is -0.494 e. The molecule has 1 unspecified atom stereocenters. The number of hydrogen-bond donors (Lipinski definition) is 3. The molecule has 0 radical (unpaired) electrons. The number of piperidine rings is 1. The summed E-state index contributed by atoms with van der Waals surface area (Å²) in [7, 11) is 0. The fraction of sp³-hybridized carbons (Fsp3) is 0.357. The van der Waals surface area contributed by atoms with Crippen molar-refractivity contribution >= 4 is 63.3 Å². The fourth-order valence-corrected chi connectivity index (χ4v) is 8.47. The van der Waals surface area contributed by atoms with Crippen molar-refractivity contribution in [1.29, 1.82) is 0 Å². The van der Waals surface area contributed by atoms with E-state index in [0.717, 1.165) is 82.9 Å². The Labute approximate surface area is 327 Å². The molecule has 8 rings (SSSR count). The molecule has 0 spiro atoms. The number of imide groups is 2. The van der Waals surface area contributed by atoms with Gasteiger partial charge in [0.2, 0.25) is 23.6 Å². The van der Waals surface area contributed by atoms with E-state index in [0.29, 0.717) is 29.7 Å². The van der Waals surface area contributed by atoms with Crippen molar-refractivity contribution in [2.24, 2.45) is 5.92 Å². The second-order valence-electron chi connectivity index (χ2n) is 14.7. The molecule has 14 heteroatoms. The minimum absolute atomic E-state index is 0.0690. The molecule has 3 aromatic carbocycles. The molecular weight excluding hydrogens is 733 g/mol. The highest BCUT2D eigenvalue weighted by molar-refractivity contribution is 7.16. The standard InChI is InChI=1S/C42H42N6O7S/c1-24-37(28-13-14-32-27(23-28)17-19-47(32)39(52)26-11-12-26)46-42(56-24)45-35(50)22-25-7-5-8-29(21-25)55-20-4-2-3-18-43-31-10-6-9-30-36(31)41(54)48(40(30)53)33-15-16-34(49)44-38(33)51/h5-10,13-14,21,23,26,33,43H,2-4,11-12,15-20,22H2,1H3,(H,44,49,51)(H,45,46,50). The lowest BCUT2D eigenvalue weighted by molar-refractivity contribution is -0.136. The summed E-state index contributed by atoms with van der Waals surface area (Å²) < 4.78 is 5.99. The number of aromatic nitrogens is 1. The predicted octanol–water partition coefficient (Wildman–Crippen LogP) is 5.66. The van der Waals surface area contributed by atoms with Crippen LogP contribution in [0.15, 0.2) is 60.7 Å². The number of carbonyl (C=O) groups excluding carboxylic acids is 6. The molecule has 4 heterocycles. The number of amides is 6. The van der Waals surface area contributed by atoms with E-state index in [1.165, 1.54) is 11.3 Å². The third kappa shape index (κ3) is 7.65. The molecule has 3 aliphatic heterocycles. The van der Waals surface area contributed by atoms with Gasteiger partial charge in [0.15, 0.2) is 5.13 Å². The molecule has 3 N–H and O–H groups in total. The lowest BCUT2D eigenvalue weighted by Crippen LogP contribution is -2.54. The van der Waals surface area contributed by atoms with Crippen LogP contribution in [-0.2, 0) is 32.0 Å². The number of nitrogens with one attached hydrogen (secondary N) is 3. The van der Waals surface area contributed by atoms with E-state index in [-0.39, 0.29) is 48.1 Å². The molecule has 6 amide bonds. The molecule has 13 nitrogen and oxygen atoms in total. The van der Waals surface area contributed by atoms with Gasteiger partial charge in [-0.25, -0.2) is 4.98 Å². The number of aryl methyl sites for hydroxylation is 1. The molecule has 288 valence electrons. The number of hydrogen-bond acceptors (Lipinski definition) is 10. The zero-order valence-electron chi connectivity index (χ0n) is 31.0. The largest absolute Gasteiger partial charge is 0.494 e. The molecular formula is C42H42N6O7S. The third-order valence-electron chi connectivity index (χ3n) is 10.6. The Morgan fingerprint density at radius 1 is 0.946 bits per heavy atom. The Kier molecular flexibility index (Phi) is 10.4. The second-order valence-corrected chi connectivity index (χ2v) is 15.9. The van der Waals surface area contributed by atoms with Gasteiger partial charge in [-0.1, -0.05) is 24.3 Å². The summed E-state index contributed by atoms with van der Waals surface area (Å²) in [5.41, 5.74) is 5.81. The molecule has 0 bridgehead atoms. The minimum atomic E-state index is -1.01. The lowest BCUT2D eigenvalue weighted by atomic mass is 10.0. The summed E-state index contributed by atoms with van der Waals surface area (Å²) in [6.45, 7) is 3.77. The first-order valence-corrected chi connectivity index (χ1v) is 20.0. The number of anilines is 3. The van der Waals surface area contributed by atoms with Gasteiger partial charge >= 0.3 is 0 Å². The number of ether oxygens (including phenoxy) is 1. The van der Waals surface area contributed by atoms with E-state index >= 15 is 0 Å². The van der Waals surface area contributed by atoms with Crippen molar-refractivity contribution in [2.75, 3.05) is 35.2 Å². The average Bonchev–Trinajstić information content (AvgIpc) is 3.77. The van der Waals surface area contributed by atoms with Crippen LogP contribution in [0.2, 0.25) is 0 Å². The van der Waals surface area contributed by atoms with Crippen molar-refractivity contribution in [3.63, 3.8) is 0 Å². The number of fused-ring (bicyclic) bond motifs is 2. The van der Waals surface area contributed by atoms with E-state index < -0.39 is 29.7 Å². The van der Waals surface area contributed by atoms with Crippen LogP contribution in [0.4, 0.5) is 16.5 Å². The summed E-state index contributed by atoms with van der Waals surface area (Å²) in [6.07, 6.45) is 5.58. The molecule has 4 aromatic rings. The predicted molar refractivity (Wildman–Crippen MR) is 211 cm³/mol. The first-order valence-electron chi connectivity index (χ1n) is 19.2. The van der Waals surface area contributed by atoms with Crippen molar-refractivity contribution in [3.8, 4) is 17.0 Å². The molecule has 1 saturated carbocycles. The quantitative estimate of drug-likeness (QED) is 0.108. The Morgan fingerprint density at radius 3 is 2.61 bits per heavy atom. The van der Waals surface area contributed by atoms with E-state index in [9.17, 15) is 28.8 Å². The average molecular weight is 775 g/mol. The highest BCUT2D eigenvalue weighted by atomic mass is 32.1. The van der Waals surface area contributed by atoms with Crippen molar-refractivity contribution in [3.05, 3.63) is 87.8 Å². The Balaban J connectivity index is 0.776. The Morgan fingerprint density at radius 2 is 1.79 bits per heavy atom. The van der Waals surface area contributed by atoms with Crippen molar-refractivity contribution < 1.29 is 33.5 Å². The van der Waals surface area contributed by atoms with Crippen LogP contribution < -0.4 is 25.6 Å². The topological polar surface area (TPSA) is 167 Å². The van der Waals surface area contributed by atoms with Gasteiger partial charge in [0.05, 0.1) is 29.8 Å². The van der Waals surface area contributed by atoms with Gasteiger partial charge in [0, 0.05) is 47.2 Å². The first-order chi connectivity index (χ1) is 27.1. The van der Waals surface area contributed by atoms with Gasteiger partial charge in [-0.2, -0.15) is 0 Å². The van der Waals surface area contributed by atoms with Crippen LogP contribution in [0.3, 0.4) is 0 Å². The van der Waals surface area contributed by atoms with Gasteiger partial charge in [0.1, 0.15) is 11.8 Å². The van der Waals surface area contributed by atoms with Crippen molar-refractivity contribution in [1.82, 2.24) is 15.2 Å². The summed E-state index contributed by atoms with van der Waals surface area (Å²) >= 11 is 1.44. The van der Waals surface area contributed by atoms with Crippen LogP contribution in [0.1, 0.15) is 81.7 Å². The number of carbonyl (C=O) groups is 6. The van der Waals surface area contributed by atoms with Crippen LogP contribution in [0.5, 0.6) is 5.75 Å². The van der Waals surface area contributed by atoms with Gasteiger partial charge in [-0.05, 0) is 99.4 Å². The second kappa shape index (κ2) is 15.7. The molecule has 1 aromatic heterocycles. The summed E-state index contributed by atoms with van der Waals surface area (Å²) in [4.78, 5) is 84.8. The normalized spacial score (nSPS) is 17.5. The maximum atomic E-state index is 13.3. The van der Waals surface area contributed by atoms with E-state index in [4.69, 9.17) is 9.72 Å². The van der Waals surface area contributed by atoms with Gasteiger partial charge < -0.3 is 20.3 Å². The number of benzene rings is 3. The van der Waals surface area contributed by atoms with Crippen LogP contribution in [0, 0.1) is 12.8 Å². The molecule has 1 atom stereocenters. The number of rotatable bonds is 14. The monoisotopic (exact) mass is 774 g/mol. The van der Waals surface area contributed by atoms with Crippen LogP contribution in [0.25, 0.3) is 11.3 Å². The maximum Gasteiger partial charge on any atom is 0.264 e. The van der Waals surface area contributed by atoms with Crippen LogP contribution >= 0.6 is 11.3 Å². The highest BCUT2D eigenvalue weighted by Crippen LogP contribution is 2.39. The molecule has 56 heavy (non-hydrogen) atoms. The van der Waals surface area contributed by atoms with Crippen molar-refractivity contribution in [2.45, 2.75) is 70.8 Å². The number of nitrogens with zero attached hydrogens (tertiary/aromatic N) is 3. The maximum absolute atomic E-state index is 13.3. The van der Waals surface area contributed by atoms with Gasteiger partial charge in [0.25, 0.3) is 11.8 Å². The van der Waals surface area contributed by atoms with E-state index in [2.05, 4.69) is 22.0 Å². The fourth-order valence-electron chi connectivity index (χ4n) is 7.62. The highest BCUT2D eigenvalue weighted by Gasteiger charge is 2.45. The summed E-state index contributed by atoms with van der Waals surface area (Å²) in [5.74, 6) is -1.18. The van der Waals surface area contributed by atoms with E-state index in [1.807, 2.05) is 48.2 Å². The number of unbranched alkanes of at least 4 members (excludes halogenated alkanes) is 2. The van der Waals surface area contributed by atoms with Gasteiger partial charge in [-0.15, -0.1) is 11.3 Å². The third-order valence-corrected chi connectivity index (χ3v) is 11.5. The molecule has 1 saturated heterocycles. The number of thiazole rings is 1. The lowest BCUT2D eigenvalue weighted by Gasteiger charge is -2.27. The smallest absolute Gasteiger partial charge is 0.264 e. The molecule has 2 fully saturated rings. The Hall–Kier alpha value is -5.89.